The Morgan fingerprint density at radius 1 is 1.19 bits per heavy atom. The molecule has 1 saturated carbocycles. The predicted molar refractivity (Wildman–Crippen MR) is 108 cm³/mol. The van der Waals surface area contributed by atoms with Gasteiger partial charge in [0.25, 0.3) is 0 Å². The molecular formula is C18H17Cl2NO3S2. The van der Waals surface area contributed by atoms with E-state index in [1.54, 1.807) is 30.3 Å². The van der Waals surface area contributed by atoms with E-state index in [4.69, 9.17) is 45.9 Å². The number of thiocarbonyl (C=S) groups is 1. The lowest BCUT2D eigenvalue weighted by Gasteiger charge is -2.16. The predicted octanol–water partition coefficient (Wildman–Crippen LogP) is 3.85. The van der Waals surface area contributed by atoms with Crippen molar-refractivity contribution in [3.63, 3.8) is 0 Å². The number of sulfone groups is 1. The maximum atomic E-state index is 13.3. The Bertz CT molecular complexity index is 947. The van der Waals surface area contributed by atoms with Crippen molar-refractivity contribution < 1.29 is 13.2 Å². The van der Waals surface area contributed by atoms with Crippen LogP contribution in [0.2, 0.25) is 10.0 Å². The zero-order valence-corrected chi connectivity index (χ0v) is 17.0. The highest BCUT2D eigenvalue weighted by Crippen LogP contribution is 2.64. The third-order valence-corrected chi connectivity index (χ3v) is 7.94. The zero-order valence-electron chi connectivity index (χ0n) is 13.9. The molecule has 3 rings (SSSR count). The minimum Gasteiger partial charge on any atom is -0.393 e. The van der Waals surface area contributed by atoms with Gasteiger partial charge in [0.15, 0.2) is 9.84 Å². The normalized spacial score (nSPS) is 25.0. The summed E-state index contributed by atoms with van der Waals surface area (Å²) in [6.45, 7) is 0.108. The van der Waals surface area contributed by atoms with E-state index in [0.717, 1.165) is 5.56 Å². The van der Waals surface area contributed by atoms with Crippen molar-refractivity contribution in [3.05, 3.63) is 64.1 Å². The number of rotatable bonds is 6. The first kappa shape index (κ1) is 19.6. The number of methoxy groups -OCH3 is 1. The van der Waals surface area contributed by atoms with Gasteiger partial charge in [0, 0.05) is 23.1 Å². The highest BCUT2D eigenvalue weighted by atomic mass is 35.5. The van der Waals surface area contributed by atoms with Crippen LogP contribution in [0.15, 0.2) is 53.4 Å². The summed E-state index contributed by atoms with van der Waals surface area (Å²) in [7, 11) is -2.22. The molecule has 0 aromatic heterocycles. The van der Waals surface area contributed by atoms with Crippen LogP contribution in [0.3, 0.4) is 0 Å². The van der Waals surface area contributed by atoms with Gasteiger partial charge in [-0.05, 0) is 42.0 Å². The lowest BCUT2D eigenvalue weighted by Crippen LogP contribution is -2.33. The number of hydrogen-bond donors (Lipinski definition) is 1. The lowest BCUT2D eigenvalue weighted by atomic mass is 10.00. The number of hydrogen-bond acceptors (Lipinski definition) is 4. The average molecular weight is 430 g/mol. The van der Waals surface area contributed by atoms with Crippen molar-refractivity contribution in [3.8, 4) is 0 Å². The van der Waals surface area contributed by atoms with E-state index < -0.39 is 26.4 Å². The second kappa shape index (κ2) is 7.09. The Balaban J connectivity index is 2.13. The molecule has 138 valence electrons. The van der Waals surface area contributed by atoms with Crippen molar-refractivity contribution >= 4 is 50.2 Å². The number of nitrogens with two attached hydrogens (primary N) is 1. The minimum absolute atomic E-state index is 0.108. The molecule has 2 aromatic rings. The van der Waals surface area contributed by atoms with Crippen LogP contribution in [0, 0.1) is 5.41 Å². The fourth-order valence-electron chi connectivity index (χ4n) is 3.58. The van der Waals surface area contributed by atoms with E-state index >= 15 is 0 Å². The summed E-state index contributed by atoms with van der Waals surface area (Å²) in [6.07, 6.45) is 0. The summed E-state index contributed by atoms with van der Waals surface area (Å²) in [6, 6.07) is 13.1. The molecule has 0 heterocycles. The van der Waals surface area contributed by atoms with E-state index in [0.29, 0.717) is 10.0 Å². The molecule has 0 saturated heterocycles. The molecule has 0 amide bonds. The zero-order chi connectivity index (χ0) is 19.1. The van der Waals surface area contributed by atoms with E-state index in [2.05, 4.69) is 0 Å². The Morgan fingerprint density at radius 2 is 1.85 bits per heavy atom. The summed E-state index contributed by atoms with van der Waals surface area (Å²) < 4.78 is 32.0. The van der Waals surface area contributed by atoms with Crippen molar-refractivity contribution in [2.75, 3.05) is 13.7 Å². The van der Waals surface area contributed by atoms with E-state index in [1.165, 1.54) is 19.2 Å². The monoisotopic (exact) mass is 429 g/mol. The van der Waals surface area contributed by atoms with Crippen molar-refractivity contribution in [1.82, 2.24) is 0 Å². The third kappa shape index (κ3) is 3.14. The average Bonchev–Trinajstić information content (AvgIpc) is 3.27. The molecule has 3 atom stereocenters. The van der Waals surface area contributed by atoms with E-state index in [1.807, 2.05) is 6.07 Å². The molecule has 2 N–H and O–H groups in total. The van der Waals surface area contributed by atoms with Crippen LogP contribution in [0.25, 0.3) is 0 Å². The highest BCUT2D eigenvalue weighted by Gasteiger charge is 2.73. The topological polar surface area (TPSA) is 69.4 Å². The van der Waals surface area contributed by atoms with E-state index in [-0.39, 0.29) is 16.5 Å². The van der Waals surface area contributed by atoms with Crippen LogP contribution in [0.1, 0.15) is 11.5 Å². The number of halogens is 2. The highest BCUT2D eigenvalue weighted by molar-refractivity contribution is 7.92. The van der Waals surface area contributed by atoms with Crippen molar-refractivity contribution in [1.29, 1.82) is 0 Å². The van der Waals surface area contributed by atoms with Crippen molar-refractivity contribution in [2.45, 2.75) is 16.1 Å². The Labute approximate surface area is 168 Å². The molecule has 1 fully saturated rings. The minimum atomic E-state index is -3.72. The Morgan fingerprint density at radius 3 is 2.38 bits per heavy atom. The Kier molecular flexibility index (Phi) is 5.34. The first-order valence-electron chi connectivity index (χ1n) is 7.79. The maximum Gasteiger partial charge on any atom is 0.182 e. The molecule has 26 heavy (non-hydrogen) atoms. The molecule has 0 unspecified atom stereocenters. The quantitative estimate of drug-likeness (QED) is 0.705. The second-order valence-corrected chi connectivity index (χ2v) is 9.67. The number of benzene rings is 2. The fraction of sp³-hybridized carbons (Fsp3) is 0.278. The van der Waals surface area contributed by atoms with Crippen LogP contribution in [-0.4, -0.2) is 32.4 Å². The molecule has 0 bridgehead atoms. The van der Waals surface area contributed by atoms with Gasteiger partial charge in [-0.2, -0.15) is 0 Å². The van der Waals surface area contributed by atoms with Gasteiger partial charge in [0.2, 0.25) is 0 Å². The van der Waals surface area contributed by atoms with Crippen LogP contribution >= 0.6 is 35.4 Å². The summed E-state index contributed by atoms with van der Waals surface area (Å²) in [5.41, 5.74) is 5.80. The van der Waals surface area contributed by atoms with E-state index in [9.17, 15) is 8.42 Å². The van der Waals surface area contributed by atoms with Gasteiger partial charge < -0.3 is 10.5 Å². The van der Waals surface area contributed by atoms with Gasteiger partial charge in [0.05, 0.1) is 27.2 Å². The first-order chi connectivity index (χ1) is 12.2. The molecule has 0 radical (unpaired) electrons. The fourth-order valence-corrected chi connectivity index (χ4v) is 6.68. The van der Waals surface area contributed by atoms with Crippen LogP contribution in [0.5, 0.6) is 0 Å². The van der Waals surface area contributed by atoms with Gasteiger partial charge in [-0.25, -0.2) is 8.42 Å². The smallest absolute Gasteiger partial charge is 0.182 e. The van der Waals surface area contributed by atoms with Gasteiger partial charge in [-0.3, -0.25) is 0 Å². The lowest BCUT2D eigenvalue weighted by molar-refractivity contribution is 0.166. The van der Waals surface area contributed by atoms with Crippen LogP contribution in [0.4, 0.5) is 0 Å². The summed E-state index contributed by atoms with van der Waals surface area (Å²) >= 11 is 17.3. The molecular weight excluding hydrogens is 413 g/mol. The van der Waals surface area contributed by atoms with Crippen LogP contribution in [-0.2, 0) is 14.6 Å². The molecule has 0 spiro atoms. The molecule has 1 aliphatic carbocycles. The van der Waals surface area contributed by atoms with Crippen LogP contribution < -0.4 is 5.73 Å². The summed E-state index contributed by atoms with van der Waals surface area (Å²) in [5, 5.41) is 0.155. The summed E-state index contributed by atoms with van der Waals surface area (Å²) in [5.74, 6) is -0.431. The molecule has 1 aliphatic rings. The molecule has 2 aromatic carbocycles. The SMILES string of the molecule is COC[C@]1(C(N)=S)[C@@H](c2cccc(Cl)c2)[C@@H]1S(=O)(=O)c1ccc(Cl)cc1. The molecule has 8 heteroatoms. The standard InChI is InChI=1S/C18H17Cl2NO3S2/c1-24-10-18(17(21)25)15(11-3-2-4-13(20)9-11)16(18)26(22,23)14-7-5-12(19)6-8-14/h2-9,15-16H,10H2,1H3,(H2,21,25)/t15-,16-,18-/m0/s1. The van der Waals surface area contributed by atoms with Gasteiger partial charge in [0.1, 0.15) is 0 Å². The summed E-state index contributed by atoms with van der Waals surface area (Å²) in [4.78, 5) is 0.292. The second-order valence-electron chi connectivity index (χ2n) is 6.29. The van der Waals surface area contributed by atoms with Gasteiger partial charge in [-0.15, -0.1) is 0 Å². The Hall–Kier alpha value is -1.18. The van der Waals surface area contributed by atoms with Gasteiger partial charge in [-0.1, -0.05) is 47.6 Å². The van der Waals surface area contributed by atoms with Crippen molar-refractivity contribution in [2.24, 2.45) is 11.1 Å². The molecule has 4 nitrogen and oxygen atoms in total. The molecule has 0 aliphatic heterocycles. The maximum absolute atomic E-state index is 13.3. The largest absolute Gasteiger partial charge is 0.393 e. The number of ether oxygens (including phenoxy) is 1. The third-order valence-electron chi connectivity index (χ3n) is 4.78. The first-order valence-corrected chi connectivity index (χ1v) is 10.5. The van der Waals surface area contributed by atoms with Gasteiger partial charge >= 0.3 is 0 Å².